The SMILES string of the molecule is CCC(C)(C)c1cc(C(C)(C)CC)c(O)c(-n2nc3ccccc3n2)c1C. The van der Waals surface area contributed by atoms with Crippen LogP contribution in [0.2, 0.25) is 0 Å². The number of rotatable bonds is 5. The Labute approximate surface area is 162 Å². The predicted octanol–water partition coefficient (Wildman–Crippen LogP) is 5.81. The van der Waals surface area contributed by atoms with Gasteiger partial charge in [0.15, 0.2) is 0 Å². The first kappa shape index (κ1) is 19.4. The molecule has 0 unspecified atom stereocenters. The van der Waals surface area contributed by atoms with Crippen LogP contribution in [-0.2, 0) is 10.8 Å². The number of aromatic hydroxyl groups is 1. The van der Waals surface area contributed by atoms with Crippen molar-refractivity contribution >= 4 is 11.0 Å². The second-order valence-corrected chi connectivity index (χ2v) is 8.75. The average Bonchev–Trinajstić information content (AvgIpc) is 3.04. The third kappa shape index (κ3) is 3.22. The molecule has 1 heterocycles. The molecule has 0 amide bonds. The standard InChI is InChI=1S/C23H31N3O/c1-8-22(4,5)16-14-17(23(6,7)9-2)21(27)20(15(16)3)26-24-18-12-10-11-13-19(18)25-26/h10-14,27H,8-9H2,1-7H3. The fraction of sp³-hybridized carbons (Fsp3) is 0.478. The van der Waals surface area contributed by atoms with Crippen molar-refractivity contribution in [1.29, 1.82) is 0 Å². The lowest BCUT2D eigenvalue weighted by Crippen LogP contribution is -2.23. The van der Waals surface area contributed by atoms with Gasteiger partial charge in [-0.05, 0) is 53.9 Å². The lowest BCUT2D eigenvalue weighted by molar-refractivity contribution is 0.419. The highest BCUT2D eigenvalue weighted by molar-refractivity contribution is 5.74. The molecule has 27 heavy (non-hydrogen) atoms. The van der Waals surface area contributed by atoms with Crippen LogP contribution in [0.5, 0.6) is 5.75 Å². The van der Waals surface area contributed by atoms with Crippen LogP contribution in [0, 0.1) is 6.92 Å². The van der Waals surface area contributed by atoms with E-state index < -0.39 is 0 Å². The van der Waals surface area contributed by atoms with Gasteiger partial charge < -0.3 is 5.11 Å². The Morgan fingerprint density at radius 1 is 0.889 bits per heavy atom. The van der Waals surface area contributed by atoms with Crippen LogP contribution in [0.25, 0.3) is 16.7 Å². The topological polar surface area (TPSA) is 50.9 Å². The van der Waals surface area contributed by atoms with Crippen LogP contribution in [0.3, 0.4) is 0 Å². The second-order valence-electron chi connectivity index (χ2n) is 8.75. The van der Waals surface area contributed by atoms with Crippen molar-refractivity contribution in [2.24, 2.45) is 0 Å². The zero-order valence-electron chi connectivity index (χ0n) is 17.6. The molecule has 0 bridgehead atoms. The Bertz CT molecular complexity index is 909. The molecule has 0 radical (unpaired) electrons. The Hall–Kier alpha value is -2.36. The Kier molecular flexibility index (Phi) is 4.79. The third-order valence-corrected chi connectivity index (χ3v) is 6.24. The number of benzene rings is 2. The quantitative estimate of drug-likeness (QED) is 0.621. The number of fused-ring (bicyclic) bond motifs is 1. The predicted molar refractivity (Wildman–Crippen MR) is 112 cm³/mol. The highest BCUT2D eigenvalue weighted by Gasteiger charge is 2.31. The molecule has 0 spiro atoms. The van der Waals surface area contributed by atoms with Gasteiger partial charge in [-0.2, -0.15) is 0 Å². The molecular weight excluding hydrogens is 334 g/mol. The highest BCUT2D eigenvalue weighted by Crippen LogP contribution is 2.43. The normalized spacial score (nSPS) is 12.7. The average molecular weight is 366 g/mol. The summed E-state index contributed by atoms with van der Waals surface area (Å²) in [6, 6.07) is 10.0. The summed E-state index contributed by atoms with van der Waals surface area (Å²) in [6.07, 6.45) is 1.95. The Morgan fingerprint density at radius 2 is 1.37 bits per heavy atom. The van der Waals surface area contributed by atoms with E-state index in [1.54, 1.807) is 4.80 Å². The Morgan fingerprint density at radius 3 is 1.85 bits per heavy atom. The lowest BCUT2D eigenvalue weighted by atomic mass is 9.74. The molecule has 3 rings (SSSR count). The maximum atomic E-state index is 11.3. The molecule has 0 atom stereocenters. The van der Waals surface area contributed by atoms with Gasteiger partial charge in [0.2, 0.25) is 0 Å². The summed E-state index contributed by atoms with van der Waals surface area (Å²) in [5.74, 6) is 0.287. The van der Waals surface area contributed by atoms with Gasteiger partial charge in [0.1, 0.15) is 22.5 Å². The van der Waals surface area contributed by atoms with Crippen LogP contribution in [0.15, 0.2) is 30.3 Å². The van der Waals surface area contributed by atoms with Crippen molar-refractivity contribution in [3.05, 3.63) is 47.0 Å². The van der Waals surface area contributed by atoms with Crippen molar-refractivity contribution in [3.63, 3.8) is 0 Å². The van der Waals surface area contributed by atoms with E-state index in [0.717, 1.165) is 35.0 Å². The minimum absolute atomic E-state index is 0.00230. The molecule has 144 valence electrons. The third-order valence-electron chi connectivity index (χ3n) is 6.24. The number of phenolic OH excluding ortho intramolecular Hbond substituents is 1. The van der Waals surface area contributed by atoms with Gasteiger partial charge in [0.25, 0.3) is 0 Å². The van der Waals surface area contributed by atoms with Crippen molar-refractivity contribution in [2.75, 3.05) is 0 Å². The largest absolute Gasteiger partial charge is 0.505 e. The molecular formula is C23H31N3O. The van der Waals surface area contributed by atoms with Crippen LogP contribution in [0.4, 0.5) is 0 Å². The van der Waals surface area contributed by atoms with Crippen LogP contribution >= 0.6 is 0 Å². The molecule has 0 saturated heterocycles. The fourth-order valence-electron chi connectivity index (χ4n) is 3.56. The minimum Gasteiger partial charge on any atom is -0.505 e. The number of aromatic nitrogens is 3. The van der Waals surface area contributed by atoms with E-state index >= 15 is 0 Å². The minimum atomic E-state index is -0.141. The first-order chi connectivity index (χ1) is 12.6. The molecule has 4 nitrogen and oxygen atoms in total. The first-order valence-corrected chi connectivity index (χ1v) is 9.82. The molecule has 2 aromatic carbocycles. The zero-order chi connectivity index (χ0) is 20.0. The summed E-state index contributed by atoms with van der Waals surface area (Å²) in [7, 11) is 0. The van der Waals surface area contributed by atoms with E-state index in [1.165, 1.54) is 5.56 Å². The highest BCUT2D eigenvalue weighted by atomic mass is 16.3. The lowest BCUT2D eigenvalue weighted by Gasteiger charge is -2.32. The van der Waals surface area contributed by atoms with E-state index in [2.05, 4.69) is 64.7 Å². The van der Waals surface area contributed by atoms with E-state index in [-0.39, 0.29) is 16.6 Å². The number of phenols is 1. The van der Waals surface area contributed by atoms with Gasteiger partial charge in [-0.3, -0.25) is 0 Å². The number of hydrogen-bond acceptors (Lipinski definition) is 3. The van der Waals surface area contributed by atoms with Crippen molar-refractivity contribution < 1.29 is 5.11 Å². The van der Waals surface area contributed by atoms with Crippen molar-refractivity contribution in [1.82, 2.24) is 15.0 Å². The molecule has 0 aliphatic heterocycles. The van der Waals surface area contributed by atoms with E-state index in [4.69, 9.17) is 0 Å². The molecule has 0 saturated carbocycles. The second kappa shape index (κ2) is 6.66. The van der Waals surface area contributed by atoms with Gasteiger partial charge in [0.05, 0.1) is 0 Å². The summed E-state index contributed by atoms with van der Waals surface area (Å²) >= 11 is 0. The summed E-state index contributed by atoms with van der Waals surface area (Å²) in [6.45, 7) is 15.3. The molecule has 1 aromatic heterocycles. The summed E-state index contributed by atoms with van der Waals surface area (Å²) in [5, 5.41) is 20.6. The Balaban J connectivity index is 2.38. The van der Waals surface area contributed by atoms with Gasteiger partial charge in [-0.25, -0.2) is 0 Å². The van der Waals surface area contributed by atoms with Gasteiger partial charge in [0, 0.05) is 5.56 Å². The van der Waals surface area contributed by atoms with Gasteiger partial charge in [-0.1, -0.05) is 59.7 Å². The molecule has 0 aliphatic rings. The van der Waals surface area contributed by atoms with Crippen molar-refractivity contribution in [2.45, 2.75) is 72.1 Å². The molecule has 4 heteroatoms. The van der Waals surface area contributed by atoms with Crippen molar-refractivity contribution in [3.8, 4) is 11.4 Å². The van der Waals surface area contributed by atoms with E-state index in [9.17, 15) is 5.11 Å². The molecule has 1 N–H and O–H groups in total. The summed E-state index contributed by atoms with van der Waals surface area (Å²) in [4.78, 5) is 1.61. The van der Waals surface area contributed by atoms with Gasteiger partial charge >= 0.3 is 0 Å². The zero-order valence-corrected chi connectivity index (χ0v) is 17.6. The molecule has 0 fully saturated rings. The van der Waals surface area contributed by atoms with E-state index in [0.29, 0.717) is 5.69 Å². The molecule has 3 aromatic rings. The smallest absolute Gasteiger partial charge is 0.147 e. The monoisotopic (exact) mass is 365 g/mol. The van der Waals surface area contributed by atoms with Crippen LogP contribution in [-0.4, -0.2) is 20.1 Å². The van der Waals surface area contributed by atoms with E-state index in [1.807, 2.05) is 24.3 Å². The number of nitrogens with zero attached hydrogens (tertiary/aromatic N) is 3. The maximum absolute atomic E-state index is 11.3. The first-order valence-electron chi connectivity index (χ1n) is 9.82. The summed E-state index contributed by atoms with van der Waals surface area (Å²) < 4.78 is 0. The summed E-state index contributed by atoms with van der Waals surface area (Å²) in [5.41, 5.74) is 5.45. The van der Waals surface area contributed by atoms with Crippen LogP contribution in [0.1, 0.15) is 71.1 Å². The van der Waals surface area contributed by atoms with Crippen LogP contribution < -0.4 is 0 Å². The van der Waals surface area contributed by atoms with Gasteiger partial charge in [-0.15, -0.1) is 15.0 Å². The fourth-order valence-corrected chi connectivity index (χ4v) is 3.56. The molecule has 0 aliphatic carbocycles. The maximum Gasteiger partial charge on any atom is 0.147 e. The number of hydrogen-bond donors (Lipinski definition) is 1.